The molecule has 2 aromatic rings. The third kappa shape index (κ3) is 4.49. The molecule has 0 radical (unpaired) electrons. The average molecular weight is 351 g/mol. The van der Waals surface area contributed by atoms with Crippen molar-refractivity contribution in [1.29, 1.82) is 0 Å². The van der Waals surface area contributed by atoms with Crippen molar-refractivity contribution in [2.45, 2.75) is 12.8 Å². The van der Waals surface area contributed by atoms with Gasteiger partial charge in [-0.3, -0.25) is 4.79 Å². The largest absolute Gasteiger partial charge is 0.452 e. The Kier molecular flexibility index (Phi) is 5.27. The number of anilines is 1. The van der Waals surface area contributed by atoms with E-state index in [2.05, 4.69) is 25.0 Å². The molecule has 0 saturated heterocycles. The molecule has 0 aromatic carbocycles. The summed E-state index contributed by atoms with van der Waals surface area (Å²) in [5.41, 5.74) is -0.486. The third-order valence-electron chi connectivity index (χ3n) is 2.38. The second kappa shape index (κ2) is 7.18. The second-order valence-corrected chi connectivity index (χ2v) is 4.31. The van der Waals surface area contributed by atoms with Gasteiger partial charge in [0, 0.05) is 12.3 Å². The summed E-state index contributed by atoms with van der Waals surface area (Å²) in [5, 5.41) is 1.97. The zero-order chi connectivity index (χ0) is 17.0. The molecular formula is C12H7ClF4N4O2. The van der Waals surface area contributed by atoms with Crippen LogP contribution in [0.15, 0.2) is 24.5 Å². The Morgan fingerprint density at radius 3 is 2.70 bits per heavy atom. The van der Waals surface area contributed by atoms with Gasteiger partial charge >= 0.3 is 6.43 Å². The van der Waals surface area contributed by atoms with Crippen molar-refractivity contribution in [3.63, 3.8) is 0 Å². The summed E-state index contributed by atoms with van der Waals surface area (Å²) < 4.78 is 54.7. The molecule has 1 N–H and O–H groups in total. The van der Waals surface area contributed by atoms with E-state index in [1.165, 1.54) is 12.3 Å². The molecule has 11 heteroatoms. The molecule has 6 nitrogen and oxygen atoms in total. The predicted octanol–water partition coefficient (Wildman–Crippen LogP) is 2.86. The molecule has 122 valence electrons. The Bertz CT molecular complexity index is 719. The van der Waals surface area contributed by atoms with Crippen molar-refractivity contribution in [3.8, 4) is 5.75 Å². The molecule has 0 fully saturated rings. The Morgan fingerprint density at radius 1 is 1.30 bits per heavy atom. The number of nitrogens with one attached hydrogen (secondary N) is 1. The molecule has 0 saturated carbocycles. The molecule has 0 aliphatic rings. The zero-order valence-electron chi connectivity index (χ0n) is 11.0. The van der Waals surface area contributed by atoms with Crippen LogP contribution < -0.4 is 10.1 Å². The molecule has 2 aromatic heterocycles. The summed E-state index contributed by atoms with van der Waals surface area (Å²) >= 11 is 5.53. The first-order chi connectivity index (χ1) is 10.9. The molecule has 1 amide bonds. The van der Waals surface area contributed by atoms with E-state index < -0.39 is 30.4 Å². The van der Waals surface area contributed by atoms with Crippen molar-refractivity contribution in [3.05, 3.63) is 41.5 Å². The third-order valence-corrected chi connectivity index (χ3v) is 2.56. The number of nitrogens with zero attached hydrogens (tertiary/aromatic N) is 3. The monoisotopic (exact) mass is 350 g/mol. The molecule has 1 unspecified atom stereocenters. The highest BCUT2D eigenvalue weighted by atomic mass is 35.5. The average Bonchev–Trinajstić information content (AvgIpc) is 2.49. The minimum Gasteiger partial charge on any atom is -0.452 e. The van der Waals surface area contributed by atoms with Gasteiger partial charge in [-0.05, 0) is 17.7 Å². The molecule has 0 aliphatic heterocycles. The van der Waals surface area contributed by atoms with Gasteiger partial charge in [-0.25, -0.2) is 23.7 Å². The lowest BCUT2D eigenvalue weighted by Crippen LogP contribution is -2.21. The van der Waals surface area contributed by atoms with Gasteiger partial charge in [-0.15, -0.1) is 0 Å². The van der Waals surface area contributed by atoms with Crippen LogP contribution in [-0.2, 0) is 0 Å². The van der Waals surface area contributed by atoms with Crippen LogP contribution >= 0.6 is 11.6 Å². The molecule has 23 heavy (non-hydrogen) atoms. The quantitative estimate of drug-likeness (QED) is 0.510. The molecule has 0 aliphatic carbocycles. The summed E-state index contributed by atoms with van der Waals surface area (Å²) in [6, 6.07) is 1.77. The Morgan fingerprint density at radius 2 is 2.04 bits per heavy atom. The molecule has 0 spiro atoms. The summed E-state index contributed by atoms with van der Waals surface area (Å²) in [6.07, 6.45) is -4.46. The van der Waals surface area contributed by atoms with E-state index in [1.807, 2.05) is 0 Å². The smallest absolute Gasteiger partial charge is 0.304 e. The van der Waals surface area contributed by atoms with E-state index in [-0.39, 0.29) is 16.7 Å². The molecule has 1 atom stereocenters. The van der Waals surface area contributed by atoms with Gasteiger partial charge in [0.1, 0.15) is 11.4 Å². The fraction of sp³-hybridized carbons (Fsp3) is 0.167. The van der Waals surface area contributed by atoms with Gasteiger partial charge in [0.2, 0.25) is 11.2 Å². The van der Waals surface area contributed by atoms with Gasteiger partial charge in [0.15, 0.2) is 5.75 Å². The fourth-order valence-corrected chi connectivity index (χ4v) is 1.57. The van der Waals surface area contributed by atoms with Crippen LogP contribution in [0.5, 0.6) is 5.75 Å². The lowest BCUT2D eigenvalue weighted by atomic mass is 10.3. The van der Waals surface area contributed by atoms with Crippen LogP contribution in [0.2, 0.25) is 5.28 Å². The Balaban J connectivity index is 2.23. The van der Waals surface area contributed by atoms with Crippen molar-refractivity contribution in [2.24, 2.45) is 0 Å². The van der Waals surface area contributed by atoms with Crippen molar-refractivity contribution in [2.75, 3.05) is 5.32 Å². The normalized spacial score (nSPS) is 12.1. The zero-order valence-corrected chi connectivity index (χ0v) is 11.8. The Labute approximate surface area is 131 Å². The number of hydrogen-bond donors (Lipinski definition) is 1. The number of hydrogen-bond acceptors (Lipinski definition) is 5. The first-order valence-corrected chi connectivity index (χ1v) is 6.29. The number of carbonyl (C=O) groups excluding carboxylic acids is 1. The fourth-order valence-electron chi connectivity index (χ4n) is 1.42. The summed E-state index contributed by atoms with van der Waals surface area (Å²) in [7, 11) is 0. The summed E-state index contributed by atoms with van der Waals surface area (Å²) in [6.45, 7) is 0. The van der Waals surface area contributed by atoms with Crippen molar-refractivity contribution >= 4 is 23.2 Å². The first kappa shape index (κ1) is 16.9. The number of carbonyl (C=O) groups is 1. The van der Waals surface area contributed by atoms with E-state index in [0.29, 0.717) is 6.07 Å². The number of alkyl halides is 3. The minimum absolute atomic E-state index is 0.161. The maximum atomic E-state index is 13.1. The number of aromatic nitrogens is 3. The van der Waals surface area contributed by atoms with Gasteiger partial charge < -0.3 is 10.1 Å². The number of amides is 1. The van der Waals surface area contributed by atoms with Gasteiger partial charge in [0.25, 0.3) is 12.3 Å². The second-order valence-electron chi connectivity index (χ2n) is 3.97. The lowest BCUT2D eigenvalue weighted by molar-refractivity contribution is -0.0666. The van der Waals surface area contributed by atoms with E-state index in [9.17, 15) is 22.4 Å². The maximum Gasteiger partial charge on any atom is 0.304 e. The number of pyridine rings is 1. The van der Waals surface area contributed by atoms with E-state index >= 15 is 0 Å². The number of halogens is 5. The van der Waals surface area contributed by atoms with Crippen LogP contribution in [0, 0.1) is 5.95 Å². The Hall–Kier alpha value is -2.49. The highest BCUT2D eigenvalue weighted by Crippen LogP contribution is 2.27. The molecule has 2 rings (SSSR count). The van der Waals surface area contributed by atoms with E-state index in [1.54, 1.807) is 0 Å². The SMILES string of the molecule is O=C(Nc1cnc(F)cc1OC(F)C(F)F)c1ccnc(Cl)n1. The lowest BCUT2D eigenvalue weighted by Gasteiger charge is -2.14. The highest BCUT2D eigenvalue weighted by Gasteiger charge is 2.23. The van der Waals surface area contributed by atoms with E-state index in [0.717, 1.165) is 6.20 Å². The number of ether oxygens (including phenoxy) is 1. The highest BCUT2D eigenvalue weighted by molar-refractivity contribution is 6.28. The summed E-state index contributed by atoms with van der Waals surface area (Å²) in [4.78, 5) is 22.4. The minimum atomic E-state index is -3.45. The van der Waals surface area contributed by atoms with Crippen molar-refractivity contribution in [1.82, 2.24) is 15.0 Å². The molecule has 2 heterocycles. The molecular weight excluding hydrogens is 344 g/mol. The van der Waals surface area contributed by atoms with Crippen LogP contribution in [0.4, 0.5) is 23.2 Å². The standard InChI is InChI=1S/C12H7ClF4N4O2/c13-12-18-2-1-5(21-12)11(22)20-6-4-19-8(14)3-7(6)23-10(17)9(15)16/h1-4,9-10H,(H,20,22). The van der Waals surface area contributed by atoms with Crippen LogP contribution in [0.3, 0.4) is 0 Å². The predicted molar refractivity (Wildman–Crippen MR) is 70.7 cm³/mol. The van der Waals surface area contributed by atoms with Crippen LogP contribution in [0.25, 0.3) is 0 Å². The summed E-state index contributed by atoms with van der Waals surface area (Å²) in [5.74, 6) is -2.59. The maximum absolute atomic E-state index is 13.1. The topological polar surface area (TPSA) is 77.0 Å². The van der Waals surface area contributed by atoms with Crippen LogP contribution in [-0.4, -0.2) is 33.6 Å². The van der Waals surface area contributed by atoms with Crippen molar-refractivity contribution < 1.29 is 27.1 Å². The van der Waals surface area contributed by atoms with Crippen LogP contribution in [0.1, 0.15) is 10.5 Å². The number of rotatable bonds is 5. The first-order valence-electron chi connectivity index (χ1n) is 5.91. The van der Waals surface area contributed by atoms with Gasteiger partial charge in [-0.1, -0.05) is 0 Å². The molecule has 0 bridgehead atoms. The van der Waals surface area contributed by atoms with Gasteiger partial charge in [-0.2, -0.15) is 8.78 Å². The van der Waals surface area contributed by atoms with Gasteiger partial charge in [0.05, 0.1) is 6.20 Å². The van der Waals surface area contributed by atoms with E-state index in [4.69, 9.17) is 11.6 Å².